The van der Waals surface area contributed by atoms with E-state index in [4.69, 9.17) is 0 Å². The molecule has 0 radical (unpaired) electrons. The zero-order chi connectivity index (χ0) is 17.7. The summed E-state index contributed by atoms with van der Waals surface area (Å²) in [4.78, 5) is 48.1. The molecular weight excluding hydrogens is 310 g/mol. The second-order valence-corrected chi connectivity index (χ2v) is 5.29. The van der Waals surface area contributed by atoms with Gasteiger partial charge in [-0.15, -0.1) is 0 Å². The van der Waals surface area contributed by atoms with Crippen LogP contribution in [-0.2, 0) is 14.4 Å². The van der Waals surface area contributed by atoms with Crippen molar-refractivity contribution in [2.24, 2.45) is 0 Å². The quantitative estimate of drug-likeness (QED) is 0.601. The van der Waals surface area contributed by atoms with Gasteiger partial charge in [-0.1, -0.05) is 12.1 Å². The van der Waals surface area contributed by atoms with E-state index in [-0.39, 0.29) is 24.1 Å². The molecule has 0 saturated carbocycles. The summed E-state index contributed by atoms with van der Waals surface area (Å²) < 4.78 is 0. The molecule has 0 bridgehead atoms. The largest absolute Gasteiger partial charge is 0.355 e. The van der Waals surface area contributed by atoms with Crippen molar-refractivity contribution in [2.45, 2.75) is 19.4 Å². The van der Waals surface area contributed by atoms with Crippen molar-refractivity contribution >= 4 is 29.7 Å². The van der Waals surface area contributed by atoms with Gasteiger partial charge in [0.1, 0.15) is 6.04 Å². The first-order valence-electron chi connectivity index (χ1n) is 7.60. The predicted molar refractivity (Wildman–Crippen MR) is 87.8 cm³/mol. The number of carbonyl (C=O) groups is 4. The first-order valence-corrected chi connectivity index (χ1v) is 7.60. The molecule has 1 saturated heterocycles. The van der Waals surface area contributed by atoms with E-state index in [9.17, 15) is 19.2 Å². The molecule has 7 nitrogen and oxygen atoms in total. The van der Waals surface area contributed by atoms with Gasteiger partial charge in [-0.05, 0) is 30.7 Å². The number of likely N-dealkylation sites (N-methyl/N-ethyl adjacent to an activating group) is 1. The Morgan fingerprint density at radius 3 is 2.46 bits per heavy atom. The van der Waals surface area contributed by atoms with Crippen molar-refractivity contribution < 1.29 is 19.2 Å². The van der Waals surface area contributed by atoms with Gasteiger partial charge in [-0.3, -0.25) is 24.5 Å². The molecule has 7 heteroatoms. The molecule has 4 amide bonds. The van der Waals surface area contributed by atoms with Crippen molar-refractivity contribution in [1.82, 2.24) is 15.5 Å². The number of hydrogen-bond donors (Lipinski definition) is 2. The maximum Gasteiger partial charge on any atom is 0.251 e. The SMILES string of the molecule is CCN(C(=O)/C=C/c1ccc(C(=O)NC)cc1)[C@@H]1CC(=O)NC1=O. The smallest absolute Gasteiger partial charge is 0.251 e. The fraction of sp³-hybridized carbons (Fsp3) is 0.294. The molecule has 2 N–H and O–H groups in total. The highest BCUT2D eigenvalue weighted by molar-refractivity contribution is 6.07. The van der Waals surface area contributed by atoms with Crippen LogP contribution < -0.4 is 10.6 Å². The average Bonchev–Trinajstić information content (AvgIpc) is 2.91. The van der Waals surface area contributed by atoms with Crippen LogP contribution in [0.4, 0.5) is 0 Å². The minimum absolute atomic E-state index is 0.00687. The third-order valence-electron chi connectivity index (χ3n) is 3.76. The molecule has 1 aliphatic rings. The number of benzene rings is 1. The van der Waals surface area contributed by atoms with Gasteiger partial charge in [-0.2, -0.15) is 0 Å². The Morgan fingerprint density at radius 1 is 1.29 bits per heavy atom. The van der Waals surface area contributed by atoms with Crippen LogP contribution in [0.3, 0.4) is 0 Å². The highest BCUT2D eigenvalue weighted by atomic mass is 16.2. The summed E-state index contributed by atoms with van der Waals surface area (Å²) in [5.41, 5.74) is 1.27. The third kappa shape index (κ3) is 3.87. The van der Waals surface area contributed by atoms with Gasteiger partial charge in [0, 0.05) is 25.2 Å². The van der Waals surface area contributed by atoms with Crippen LogP contribution in [-0.4, -0.2) is 48.2 Å². The second-order valence-electron chi connectivity index (χ2n) is 5.29. The molecule has 2 rings (SSSR count). The van der Waals surface area contributed by atoms with E-state index in [0.717, 1.165) is 5.56 Å². The summed E-state index contributed by atoms with van der Waals surface area (Å²) in [5, 5.41) is 4.73. The fourth-order valence-electron chi connectivity index (χ4n) is 2.47. The van der Waals surface area contributed by atoms with Crippen LogP contribution in [0.25, 0.3) is 6.08 Å². The Balaban J connectivity index is 2.07. The van der Waals surface area contributed by atoms with Crippen LogP contribution in [0, 0.1) is 0 Å². The van der Waals surface area contributed by atoms with Crippen molar-refractivity contribution in [3.8, 4) is 0 Å². The number of nitrogens with zero attached hydrogens (tertiary/aromatic N) is 1. The molecular formula is C17H19N3O4. The fourth-order valence-corrected chi connectivity index (χ4v) is 2.47. The zero-order valence-corrected chi connectivity index (χ0v) is 13.5. The maximum atomic E-state index is 12.3. The molecule has 0 aliphatic carbocycles. The van der Waals surface area contributed by atoms with Gasteiger partial charge in [-0.25, -0.2) is 0 Å². The molecule has 24 heavy (non-hydrogen) atoms. The van der Waals surface area contributed by atoms with Gasteiger partial charge < -0.3 is 10.2 Å². The Kier molecular flexibility index (Phi) is 5.47. The van der Waals surface area contributed by atoms with Crippen LogP contribution in [0.5, 0.6) is 0 Å². The lowest BCUT2D eigenvalue weighted by atomic mass is 10.1. The van der Waals surface area contributed by atoms with E-state index in [1.54, 1.807) is 44.3 Å². The Morgan fingerprint density at radius 2 is 1.96 bits per heavy atom. The highest BCUT2D eigenvalue weighted by Gasteiger charge is 2.36. The summed E-state index contributed by atoms with van der Waals surface area (Å²) in [5.74, 6) is -1.35. The number of amides is 4. The van der Waals surface area contributed by atoms with Crippen LogP contribution in [0.1, 0.15) is 29.3 Å². The molecule has 0 spiro atoms. The van der Waals surface area contributed by atoms with E-state index in [1.165, 1.54) is 11.0 Å². The lowest BCUT2D eigenvalue weighted by molar-refractivity contribution is -0.135. The second kappa shape index (κ2) is 7.54. The lowest BCUT2D eigenvalue weighted by Gasteiger charge is -2.23. The molecule has 1 aromatic carbocycles. The first kappa shape index (κ1) is 17.4. The molecule has 1 fully saturated rings. The van der Waals surface area contributed by atoms with E-state index < -0.39 is 11.9 Å². The number of imide groups is 1. The Bertz CT molecular complexity index is 694. The van der Waals surface area contributed by atoms with Gasteiger partial charge in [0.2, 0.25) is 17.7 Å². The van der Waals surface area contributed by atoms with E-state index in [1.807, 2.05) is 0 Å². The molecule has 1 heterocycles. The van der Waals surface area contributed by atoms with Gasteiger partial charge in [0.25, 0.3) is 5.91 Å². The molecule has 1 aliphatic heterocycles. The van der Waals surface area contributed by atoms with Crippen molar-refractivity contribution in [2.75, 3.05) is 13.6 Å². The van der Waals surface area contributed by atoms with Crippen LogP contribution in [0.15, 0.2) is 30.3 Å². The monoisotopic (exact) mass is 329 g/mol. The van der Waals surface area contributed by atoms with Crippen LogP contribution >= 0.6 is 0 Å². The molecule has 1 atom stereocenters. The average molecular weight is 329 g/mol. The Labute approximate surface area is 139 Å². The normalized spacial score (nSPS) is 17.0. The minimum atomic E-state index is -0.754. The first-order chi connectivity index (χ1) is 11.5. The minimum Gasteiger partial charge on any atom is -0.355 e. The lowest BCUT2D eigenvalue weighted by Crippen LogP contribution is -2.43. The topological polar surface area (TPSA) is 95.6 Å². The molecule has 0 unspecified atom stereocenters. The number of carbonyl (C=O) groups excluding carboxylic acids is 4. The number of hydrogen-bond acceptors (Lipinski definition) is 4. The summed E-state index contributed by atoms with van der Waals surface area (Å²) in [6.45, 7) is 2.07. The van der Waals surface area contributed by atoms with Crippen molar-refractivity contribution in [3.63, 3.8) is 0 Å². The van der Waals surface area contributed by atoms with Gasteiger partial charge in [0.15, 0.2) is 0 Å². The summed E-state index contributed by atoms with van der Waals surface area (Å²) in [6, 6.07) is 6.00. The highest BCUT2D eigenvalue weighted by Crippen LogP contribution is 2.13. The maximum absolute atomic E-state index is 12.3. The van der Waals surface area contributed by atoms with Crippen molar-refractivity contribution in [3.05, 3.63) is 41.5 Å². The third-order valence-corrected chi connectivity index (χ3v) is 3.76. The molecule has 126 valence electrons. The Hall–Kier alpha value is -2.96. The molecule has 1 aromatic rings. The summed E-state index contributed by atoms with van der Waals surface area (Å²) in [6.07, 6.45) is 2.95. The van der Waals surface area contributed by atoms with Gasteiger partial charge in [0.05, 0.1) is 6.42 Å². The van der Waals surface area contributed by atoms with E-state index in [0.29, 0.717) is 12.1 Å². The predicted octanol–water partition coefficient (Wildman–Crippen LogP) is 0.323. The zero-order valence-electron chi connectivity index (χ0n) is 13.5. The number of rotatable bonds is 5. The van der Waals surface area contributed by atoms with Crippen molar-refractivity contribution in [1.29, 1.82) is 0 Å². The summed E-state index contributed by atoms with van der Waals surface area (Å²) in [7, 11) is 1.55. The summed E-state index contributed by atoms with van der Waals surface area (Å²) >= 11 is 0. The molecule has 0 aromatic heterocycles. The van der Waals surface area contributed by atoms with E-state index >= 15 is 0 Å². The standard InChI is InChI=1S/C17H19N3O4/c1-3-20(13-10-14(21)19-17(13)24)15(22)9-6-11-4-7-12(8-5-11)16(23)18-2/h4-9,13H,3,10H2,1-2H3,(H,18,23)(H,19,21,24)/b9-6+/t13-/m1/s1. The van der Waals surface area contributed by atoms with Gasteiger partial charge >= 0.3 is 0 Å². The van der Waals surface area contributed by atoms with E-state index in [2.05, 4.69) is 10.6 Å². The van der Waals surface area contributed by atoms with Crippen LogP contribution in [0.2, 0.25) is 0 Å². The number of nitrogens with one attached hydrogen (secondary N) is 2.